The molecule has 0 aromatic carbocycles. The third kappa shape index (κ3) is 3.06. The SMILES string of the molecule is Clc1nccnc1NCCC1CCCC1. The Morgan fingerprint density at radius 3 is 2.73 bits per heavy atom. The lowest BCUT2D eigenvalue weighted by Crippen LogP contribution is -2.08. The van der Waals surface area contributed by atoms with Gasteiger partial charge in [0.2, 0.25) is 0 Å². The Balaban J connectivity index is 1.75. The molecule has 1 N–H and O–H groups in total. The largest absolute Gasteiger partial charge is 0.368 e. The molecule has 1 aromatic heterocycles. The molecule has 0 atom stereocenters. The van der Waals surface area contributed by atoms with E-state index in [0.717, 1.165) is 12.5 Å². The first kappa shape index (κ1) is 10.7. The second-order valence-corrected chi connectivity index (χ2v) is 4.42. The molecule has 1 aromatic rings. The fourth-order valence-corrected chi connectivity index (χ4v) is 2.31. The Hall–Kier alpha value is -0.830. The van der Waals surface area contributed by atoms with Crippen LogP contribution in [0.2, 0.25) is 5.15 Å². The fourth-order valence-electron chi connectivity index (χ4n) is 2.13. The summed E-state index contributed by atoms with van der Waals surface area (Å²) in [5.74, 6) is 1.60. The first-order chi connectivity index (χ1) is 7.36. The lowest BCUT2D eigenvalue weighted by atomic mass is 10.0. The topological polar surface area (TPSA) is 37.8 Å². The summed E-state index contributed by atoms with van der Waals surface area (Å²) in [5.41, 5.74) is 0. The first-order valence-electron chi connectivity index (χ1n) is 5.56. The molecule has 1 aliphatic rings. The Morgan fingerprint density at radius 2 is 2.00 bits per heavy atom. The van der Waals surface area contributed by atoms with Gasteiger partial charge >= 0.3 is 0 Å². The molecule has 4 heteroatoms. The number of aromatic nitrogens is 2. The number of anilines is 1. The maximum atomic E-state index is 5.88. The van der Waals surface area contributed by atoms with Crippen LogP contribution in [-0.4, -0.2) is 16.5 Å². The van der Waals surface area contributed by atoms with Gasteiger partial charge in [-0.05, 0) is 12.3 Å². The minimum Gasteiger partial charge on any atom is -0.368 e. The van der Waals surface area contributed by atoms with E-state index < -0.39 is 0 Å². The van der Waals surface area contributed by atoms with Crippen LogP contribution in [0.15, 0.2) is 12.4 Å². The molecule has 1 saturated carbocycles. The quantitative estimate of drug-likeness (QED) is 0.856. The Morgan fingerprint density at radius 1 is 1.27 bits per heavy atom. The first-order valence-corrected chi connectivity index (χ1v) is 5.94. The van der Waals surface area contributed by atoms with Crippen molar-refractivity contribution in [2.24, 2.45) is 5.92 Å². The molecule has 2 rings (SSSR count). The number of hydrogen-bond acceptors (Lipinski definition) is 3. The van der Waals surface area contributed by atoms with Crippen LogP contribution in [0.25, 0.3) is 0 Å². The highest BCUT2D eigenvalue weighted by Crippen LogP contribution is 2.27. The monoisotopic (exact) mass is 225 g/mol. The van der Waals surface area contributed by atoms with Crippen molar-refractivity contribution >= 4 is 17.4 Å². The molecule has 0 unspecified atom stereocenters. The van der Waals surface area contributed by atoms with Crippen LogP contribution >= 0.6 is 11.6 Å². The van der Waals surface area contributed by atoms with Crippen LogP contribution in [0.1, 0.15) is 32.1 Å². The van der Waals surface area contributed by atoms with Gasteiger partial charge in [-0.25, -0.2) is 9.97 Å². The standard InChI is InChI=1S/C11H16ClN3/c12-10-11(15-8-7-13-10)14-6-5-9-3-1-2-4-9/h7-9H,1-6H2,(H,14,15). The molecule has 0 aliphatic heterocycles. The summed E-state index contributed by atoms with van der Waals surface area (Å²) in [6.07, 6.45) is 10.0. The Bertz CT molecular complexity index is 310. The highest BCUT2D eigenvalue weighted by molar-refractivity contribution is 6.31. The molecule has 1 fully saturated rings. The zero-order chi connectivity index (χ0) is 10.5. The summed E-state index contributed by atoms with van der Waals surface area (Å²) < 4.78 is 0. The highest BCUT2D eigenvalue weighted by Gasteiger charge is 2.14. The van der Waals surface area contributed by atoms with E-state index in [0.29, 0.717) is 11.0 Å². The van der Waals surface area contributed by atoms with Gasteiger partial charge in [-0.3, -0.25) is 0 Å². The lowest BCUT2D eigenvalue weighted by Gasteiger charge is -2.10. The third-order valence-corrected chi connectivity index (χ3v) is 3.25. The molecule has 1 aliphatic carbocycles. The van der Waals surface area contributed by atoms with E-state index in [1.54, 1.807) is 12.4 Å². The highest BCUT2D eigenvalue weighted by atomic mass is 35.5. The van der Waals surface area contributed by atoms with Gasteiger partial charge in [-0.15, -0.1) is 0 Å². The van der Waals surface area contributed by atoms with E-state index in [-0.39, 0.29) is 0 Å². The van der Waals surface area contributed by atoms with Gasteiger partial charge in [0.05, 0.1) is 0 Å². The van der Waals surface area contributed by atoms with Gasteiger partial charge in [0, 0.05) is 18.9 Å². The molecule has 0 amide bonds. The maximum Gasteiger partial charge on any atom is 0.171 e. The van der Waals surface area contributed by atoms with Crippen LogP contribution in [-0.2, 0) is 0 Å². The lowest BCUT2D eigenvalue weighted by molar-refractivity contribution is 0.518. The summed E-state index contributed by atoms with van der Waals surface area (Å²) in [7, 11) is 0. The Labute approximate surface area is 95.3 Å². The molecule has 15 heavy (non-hydrogen) atoms. The Kier molecular flexibility index (Phi) is 3.78. The molecule has 0 saturated heterocycles. The van der Waals surface area contributed by atoms with Gasteiger partial charge in [0.15, 0.2) is 11.0 Å². The summed E-state index contributed by atoms with van der Waals surface area (Å²) >= 11 is 5.88. The van der Waals surface area contributed by atoms with Crippen molar-refractivity contribution < 1.29 is 0 Å². The second-order valence-electron chi connectivity index (χ2n) is 4.06. The zero-order valence-corrected chi connectivity index (χ0v) is 9.50. The van der Waals surface area contributed by atoms with Crippen LogP contribution in [0, 0.1) is 5.92 Å². The van der Waals surface area contributed by atoms with Crippen molar-refractivity contribution in [3.63, 3.8) is 0 Å². The van der Waals surface area contributed by atoms with Crippen molar-refractivity contribution in [2.45, 2.75) is 32.1 Å². The number of nitrogens with one attached hydrogen (secondary N) is 1. The fraction of sp³-hybridized carbons (Fsp3) is 0.636. The maximum absolute atomic E-state index is 5.88. The van der Waals surface area contributed by atoms with Gasteiger partial charge in [-0.1, -0.05) is 37.3 Å². The van der Waals surface area contributed by atoms with E-state index in [1.807, 2.05) is 0 Å². The van der Waals surface area contributed by atoms with Crippen LogP contribution < -0.4 is 5.32 Å². The van der Waals surface area contributed by atoms with Crippen LogP contribution in [0.5, 0.6) is 0 Å². The smallest absolute Gasteiger partial charge is 0.171 e. The molecule has 82 valence electrons. The predicted molar refractivity (Wildman–Crippen MR) is 62.1 cm³/mol. The van der Waals surface area contributed by atoms with E-state index in [1.165, 1.54) is 32.1 Å². The summed E-state index contributed by atoms with van der Waals surface area (Å²) in [6.45, 7) is 0.947. The van der Waals surface area contributed by atoms with Gasteiger partial charge in [0.25, 0.3) is 0 Å². The van der Waals surface area contributed by atoms with E-state index in [4.69, 9.17) is 11.6 Å². The van der Waals surface area contributed by atoms with Crippen molar-refractivity contribution in [3.05, 3.63) is 17.5 Å². The number of nitrogens with zero attached hydrogens (tertiary/aromatic N) is 2. The summed E-state index contributed by atoms with van der Waals surface area (Å²) in [4.78, 5) is 8.11. The summed E-state index contributed by atoms with van der Waals surface area (Å²) in [5, 5.41) is 3.70. The number of hydrogen-bond donors (Lipinski definition) is 1. The minimum absolute atomic E-state index is 0.462. The van der Waals surface area contributed by atoms with E-state index in [9.17, 15) is 0 Å². The average Bonchev–Trinajstić information content (AvgIpc) is 2.74. The van der Waals surface area contributed by atoms with Gasteiger partial charge in [0.1, 0.15) is 0 Å². The van der Waals surface area contributed by atoms with Crippen molar-refractivity contribution in [1.82, 2.24) is 9.97 Å². The second kappa shape index (κ2) is 5.31. The molecular formula is C11H16ClN3. The van der Waals surface area contributed by atoms with Gasteiger partial charge < -0.3 is 5.32 Å². The predicted octanol–water partition coefficient (Wildman–Crippen LogP) is 3.12. The van der Waals surface area contributed by atoms with Crippen LogP contribution in [0.3, 0.4) is 0 Å². The van der Waals surface area contributed by atoms with Gasteiger partial charge in [-0.2, -0.15) is 0 Å². The zero-order valence-electron chi connectivity index (χ0n) is 8.75. The minimum atomic E-state index is 0.462. The van der Waals surface area contributed by atoms with E-state index in [2.05, 4.69) is 15.3 Å². The normalized spacial score (nSPS) is 16.9. The average molecular weight is 226 g/mol. The molecule has 0 spiro atoms. The summed E-state index contributed by atoms with van der Waals surface area (Å²) in [6, 6.07) is 0. The van der Waals surface area contributed by atoms with Crippen molar-refractivity contribution in [1.29, 1.82) is 0 Å². The molecule has 0 bridgehead atoms. The number of rotatable bonds is 4. The molecule has 0 radical (unpaired) electrons. The van der Waals surface area contributed by atoms with E-state index >= 15 is 0 Å². The van der Waals surface area contributed by atoms with Crippen molar-refractivity contribution in [2.75, 3.05) is 11.9 Å². The third-order valence-electron chi connectivity index (χ3n) is 2.97. The molecule has 3 nitrogen and oxygen atoms in total. The van der Waals surface area contributed by atoms with Crippen molar-refractivity contribution in [3.8, 4) is 0 Å². The molecule has 1 heterocycles. The van der Waals surface area contributed by atoms with Crippen LogP contribution in [0.4, 0.5) is 5.82 Å². The molecular weight excluding hydrogens is 210 g/mol. The number of halogens is 1.